The topological polar surface area (TPSA) is 96.0 Å². The first-order valence-electron chi connectivity index (χ1n) is 7.00. The highest BCUT2D eigenvalue weighted by molar-refractivity contribution is 5.99. The minimum Gasteiger partial charge on any atom is -0.364 e. The molecule has 0 saturated heterocycles. The van der Waals surface area contributed by atoms with Crippen molar-refractivity contribution in [3.63, 3.8) is 0 Å². The summed E-state index contributed by atoms with van der Waals surface area (Å²) in [5, 5.41) is 25.1. The summed E-state index contributed by atoms with van der Waals surface area (Å²) in [6.45, 7) is 0. The van der Waals surface area contributed by atoms with Crippen LogP contribution >= 0.6 is 0 Å². The number of carbonyl (C=O) groups excluding carboxylic acids is 1. The van der Waals surface area contributed by atoms with E-state index in [9.17, 15) is 28.8 Å². The summed E-state index contributed by atoms with van der Waals surface area (Å²) in [6, 6.07) is 4.49. The Labute approximate surface area is 129 Å². The molecule has 1 unspecified atom stereocenters. The second-order valence-corrected chi connectivity index (χ2v) is 5.64. The van der Waals surface area contributed by atoms with E-state index in [-0.39, 0.29) is 23.6 Å². The Morgan fingerprint density at radius 3 is 2.48 bits per heavy atom. The number of nitro groups is 1. The van der Waals surface area contributed by atoms with Crippen LogP contribution < -0.4 is 0 Å². The largest absolute Gasteiger partial charge is 0.364 e. The average Bonchev–Trinajstić information content (AvgIpc) is 3.30. The molecule has 3 rings (SSSR count). The summed E-state index contributed by atoms with van der Waals surface area (Å²) >= 11 is 0. The summed E-state index contributed by atoms with van der Waals surface area (Å²) in [6.07, 6.45) is -1.95. The molecular weight excluding hydrogens is 312 g/mol. The number of carbonyl (C=O) groups is 1. The van der Waals surface area contributed by atoms with Gasteiger partial charge in [0.2, 0.25) is 5.72 Å². The van der Waals surface area contributed by atoms with Crippen LogP contribution in [0.4, 0.5) is 14.5 Å². The van der Waals surface area contributed by atoms with Crippen LogP contribution in [0.5, 0.6) is 0 Å². The van der Waals surface area contributed by atoms with Crippen molar-refractivity contribution < 1.29 is 23.6 Å². The number of non-ortho nitro benzene ring substituents is 1. The summed E-state index contributed by atoms with van der Waals surface area (Å²) in [4.78, 5) is 22.4. The lowest BCUT2D eigenvalue weighted by atomic mass is 10.0. The molecule has 1 aliphatic carbocycles. The third-order valence-electron chi connectivity index (χ3n) is 3.95. The van der Waals surface area contributed by atoms with E-state index in [0.29, 0.717) is 10.7 Å². The maximum absolute atomic E-state index is 13.3. The predicted molar refractivity (Wildman–Crippen MR) is 75.0 cm³/mol. The van der Waals surface area contributed by atoms with E-state index in [0.717, 1.165) is 37.1 Å². The average molecular weight is 325 g/mol. The van der Waals surface area contributed by atoms with Gasteiger partial charge in [0, 0.05) is 29.8 Å². The Morgan fingerprint density at radius 2 is 2.00 bits per heavy atom. The van der Waals surface area contributed by atoms with Crippen molar-refractivity contribution in [1.82, 2.24) is 5.01 Å². The molecule has 1 saturated carbocycles. The molecule has 7 nitrogen and oxygen atoms in total. The molecule has 122 valence electrons. The maximum Gasteiger partial charge on any atom is 0.287 e. The molecule has 1 amide bonds. The normalized spacial score (nSPS) is 24.0. The number of amides is 1. The Morgan fingerprint density at radius 1 is 1.39 bits per heavy atom. The highest BCUT2D eigenvalue weighted by Crippen LogP contribution is 2.41. The zero-order valence-corrected chi connectivity index (χ0v) is 11.9. The van der Waals surface area contributed by atoms with Gasteiger partial charge in [-0.2, -0.15) is 10.1 Å². The first-order valence-corrected chi connectivity index (χ1v) is 7.00. The minimum atomic E-state index is -3.18. The number of hydrogen-bond donors (Lipinski definition) is 1. The molecule has 1 aliphatic heterocycles. The van der Waals surface area contributed by atoms with Crippen LogP contribution in [0.15, 0.2) is 29.4 Å². The van der Waals surface area contributed by atoms with Gasteiger partial charge < -0.3 is 5.11 Å². The molecule has 0 spiro atoms. The number of rotatable bonds is 4. The SMILES string of the molecule is O=C(c1ccc([N+](=O)[O-])cc1)N1N=C(C2CC2)CC1(O)C(F)F. The molecule has 1 N–H and O–H groups in total. The molecule has 1 aromatic rings. The van der Waals surface area contributed by atoms with Crippen molar-refractivity contribution in [2.75, 3.05) is 0 Å². The summed E-state index contributed by atoms with van der Waals surface area (Å²) < 4.78 is 26.5. The van der Waals surface area contributed by atoms with Crippen molar-refractivity contribution in [2.24, 2.45) is 11.0 Å². The predicted octanol–water partition coefficient (Wildman–Crippen LogP) is 2.16. The Kier molecular flexibility index (Phi) is 3.59. The molecule has 1 fully saturated rings. The molecule has 1 heterocycles. The van der Waals surface area contributed by atoms with E-state index in [4.69, 9.17) is 0 Å². The van der Waals surface area contributed by atoms with Crippen LogP contribution in [-0.4, -0.2) is 38.8 Å². The Hall–Kier alpha value is -2.42. The number of nitrogens with zero attached hydrogens (tertiary/aromatic N) is 3. The molecule has 2 aliphatic rings. The van der Waals surface area contributed by atoms with Gasteiger partial charge in [-0.1, -0.05) is 0 Å². The van der Waals surface area contributed by atoms with Crippen molar-refractivity contribution >= 4 is 17.3 Å². The molecule has 23 heavy (non-hydrogen) atoms. The first kappa shape index (κ1) is 15.5. The van der Waals surface area contributed by atoms with Crippen LogP contribution in [0.3, 0.4) is 0 Å². The number of nitro benzene ring substituents is 1. The molecule has 9 heteroatoms. The lowest BCUT2D eigenvalue weighted by molar-refractivity contribution is -0.384. The molecule has 0 bridgehead atoms. The van der Waals surface area contributed by atoms with Gasteiger partial charge >= 0.3 is 0 Å². The zero-order valence-electron chi connectivity index (χ0n) is 11.9. The van der Waals surface area contributed by atoms with E-state index in [1.54, 1.807) is 0 Å². The smallest absolute Gasteiger partial charge is 0.287 e. The second-order valence-electron chi connectivity index (χ2n) is 5.64. The van der Waals surface area contributed by atoms with E-state index in [1.165, 1.54) is 0 Å². The van der Waals surface area contributed by atoms with E-state index >= 15 is 0 Å². The van der Waals surface area contributed by atoms with E-state index in [1.807, 2.05) is 0 Å². The van der Waals surface area contributed by atoms with Gasteiger partial charge in [0.25, 0.3) is 18.0 Å². The molecular formula is C14H13F2N3O4. The number of hydrazone groups is 1. The number of aliphatic hydroxyl groups is 1. The number of halogens is 2. The van der Waals surface area contributed by atoms with E-state index < -0.39 is 23.0 Å². The Balaban J connectivity index is 1.90. The van der Waals surface area contributed by atoms with Crippen molar-refractivity contribution in [3.05, 3.63) is 39.9 Å². The van der Waals surface area contributed by atoms with Gasteiger partial charge in [-0.3, -0.25) is 14.9 Å². The van der Waals surface area contributed by atoms with Gasteiger partial charge in [0.15, 0.2) is 0 Å². The summed E-state index contributed by atoms with van der Waals surface area (Å²) in [5.41, 5.74) is -2.57. The minimum absolute atomic E-state index is 0.0370. The fraction of sp³-hybridized carbons (Fsp3) is 0.429. The van der Waals surface area contributed by atoms with Gasteiger partial charge in [0.05, 0.1) is 4.92 Å². The number of benzene rings is 1. The summed E-state index contributed by atoms with van der Waals surface area (Å²) in [7, 11) is 0. The standard InChI is InChI=1S/C14H13F2N3O4/c15-13(16)14(21)7-11(8-1-2-8)17-18(14)12(20)9-3-5-10(6-4-9)19(22)23/h3-6,8,13,21H,1-2,7H2. The van der Waals surface area contributed by atoms with Gasteiger partial charge in [0.1, 0.15) is 0 Å². The monoisotopic (exact) mass is 325 g/mol. The molecule has 1 atom stereocenters. The van der Waals surface area contributed by atoms with Crippen molar-refractivity contribution in [3.8, 4) is 0 Å². The lowest BCUT2D eigenvalue weighted by Crippen LogP contribution is -2.51. The van der Waals surface area contributed by atoms with Gasteiger partial charge in [-0.25, -0.2) is 8.78 Å². The first-order chi connectivity index (χ1) is 10.8. The van der Waals surface area contributed by atoms with Gasteiger partial charge in [-0.15, -0.1) is 0 Å². The number of hydrogen-bond acceptors (Lipinski definition) is 5. The zero-order chi connectivity index (χ0) is 16.8. The Bertz CT molecular complexity index is 688. The molecule has 1 aromatic carbocycles. The van der Waals surface area contributed by atoms with Crippen molar-refractivity contribution in [1.29, 1.82) is 0 Å². The second kappa shape index (κ2) is 5.34. The van der Waals surface area contributed by atoms with Crippen LogP contribution in [0.2, 0.25) is 0 Å². The van der Waals surface area contributed by atoms with Crippen molar-refractivity contribution in [2.45, 2.75) is 31.4 Å². The fourth-order valence-electron chi connectivity index (χ4n) is 2.47. The summed E-state index contributed by atoms with van der Waals surface area (Å²) in [5.74, 6) is -0.881. The lowest BCUT2D eigenvalue weighted by Gasteiger charge is -2.30. The molecule has 0 radical (unpaired) electrons. The fourth-order valence-corrected chi connectivity index (χ4v) is 2.47. The highest BCUT2D eigenvalue weighted by Gasteiger charge is 2.54. The van der Waals surface area contributed by atoms with Gasteiger partial charge in [-0.05, 0) is 30.9 Å². The third-order valence-corrected chi connectivity index (χ3v) is 3.95. The molecule has 0 aromatic heterocycles. The van der Waals surface area contributed by atoms with Crippen LogP contribution in [0.1, 0.15) is 29.6 Å². The van der Waals surface area contributed by atoms with E-state index in [2.05, 4.69) is 5.10 Å². The van der Waals surface area contributed by atoms with Crippen LogP contribution in [0.25, 0.3) is 0 Å². The van der Waals surface area contributed by atoms with Crippen LogP contribution in [-0.2, 0) is 0 Å². The van der Waals surface area contributed by atoms with Crippen LogP contribution in [0, 0.1) is 16.0 Å². The maximum atomic E-state index is 13.3. The highest BCUT2D eigenvalue weighted by atomic mass is 19.3. The quantitative estimate of drug-likeness (QED) is 0.678. The third kappa shape index (κ3) is 2.67. The number of alkyl halides is 2.